The SMILES string of the molecule is CO[C@H]1[C@@H](O)[C@@H](O[C@@H]2[C@H](Oc3cccc4c(O)cc5c(oc(=O)c6c(C)ccc(C(=O)O)c65)c34)O[C@H](C)[C@H](O)[C@H]2O)O[C@@H](C)[C@H]1O. The van der Waals surface area contributed by atoms with Crippen molar-refractivity contribution in [3.05, 3.63) is 57.9 Å². The number of benzene rings is 3. The molecular weight excluding hydrogens is 608 g/mol. The summed E-state index contributed by atoms with van der Waals surface area (Å²) in [5.74, 6) is -1.56. The number of ether oxygens (including phenoxy) is 5. The van der Waals surface area contributed by atoms with Crippen LogP contribution >= 0.6 is 0 Å². The Balaban J connectivity index is 1.49. The van der Waals surface area contributed by atoms with Crippen molar-refractivity contribution >= 4 is 38.5 Å². The number of carboxylic acid groups (broad SMARTS) is 1. The minimum Gasteiger partial charge on any atom is -0.507 e. The fourth-order valence-corrected chi connectivity index (χ4v) is 6.26. The van der Waals surface area contributed by atoms with E-state index in [1.54, 1.807) is 19.9 Å². The predicted molar refractivity (Wildman–Crippen MR) is 160 cm³/mol. The van der Waals surface area contributed by atoms with Crippen LogP contribution in [0.25, 0.3) is 32.5 Å². The van der Waals surface area contributed by atoms with Crippen LogP contribution in [0.2, 0.25) is 0 Å². The van der Waals surface area contributed by atoms with Crippen LogP contribution in [0.1, 0.15) is 29.8 Å². The summed E-state index contributed by atoms with van der Waals surface area (Å²) in [6, 6.07) is 8.74. The summed E-state index contributed by atoms with van der Waals surface area (Å²) in [5, 5.41) is 64.6. The molecule has 1 aromatic heterocycles. The van der Waals surface area contributed by atoms with Gasteiger partial charge in [0.2, 0.25) is 6.29 Å². The molecule has 10 atom stereocenters. The molecule has 2 aliphatic heterocycles. The van der Waals surface area contributed by atoms with Gasteiger partial charge in [0.05, 0.1) is 28.5 Å². The molecule has 246 valence electrons. The number of hydrogen-bond donors (Lipinski definition) is 6. The summed E-state index contributed by atoms with van der Waals surface area (Å²) in [5.41, 5.74) is -0.584. The van der Waals surface area contributed by atoms with Crippen LogP contribution in [-0.2, 0) is 18.9 Å². The summed E-state index contributed by atoms with van der Waals surface area (Å²) in [6.45, 7) is 4.67. The Morgan fingerprint density at radius 3 is 2.22 bits per heavy atom. The van der Waals surface area contributed by atoms with E-state index in [-0.39, 0.29) is 49.6 Å². The summed E-state index contributed by atoms with van der Waals surface area (Å²) in [7, 11) is 1.30. The number of phenols is 1. The molecule has 6 N–H and O–H groups in total. The van der Waals surface area contributed by atoms with Gasteiger partial charge in [0.1, 0.15) is 42.0 Å². The second-order valence-corrected chi connectivity index (χ2v) is 11.6. The average Bonchev–Trinajstić information content (AvgIpc) is 3.01. The molecule has 0 unspecified atom stereocenters. The molecule has 2 aliphatic rings. The van der Waals surface area contributed by atoms with E-state index in [0.717, 1.165) is 0 Å². The Hall–Kier alpha value is -3.86. The number of rotatable bonds is 6. The lowest BCUT2D eigenvalue weighted by molar-refractivity contribution is -0.353. The average molecular weight is 643 g/mol. The number of aromatic hydroxyl groups is 1. The van der Waals surface area contributed by atoms with Crippen molar-refractivity contribution in [3.63, 3.8) is 0 Å². The number of carboxylic acids is 1. The van der Waals surface area contributed by atoms with Gasteiger partial charge in [-0.05, 0) is 44.5 Å². The topological polar surface area (TPSA) is 215 Å². The number of phenolic OH excluding ortho intramolecular Hbond substituents is 1. The Kier molecular flexibility index (Phi) is 8.41. The molecule has 0 bridgehead atoms. The van der Waals surface area contributed by atoms with Crippen molar-refractivity contribution in [1.29, 1.82) is 0 Å². The molecule has 3 heterocycles. The molecule has 0 amide bonds. The lowest BCUT2D eigenvalue weighted by atomic mass is 9.96. The van der Waals surface area contributed by atoms with Gasteiger partial charge in [0.25, 0.3) is 0 Å². The molecule has 14 heteroatoms. The molecule has 2 saturated heterocycles. The van der Waals surface area contributed by atoms with Gasteiger partial charge in [-0.1, -0.05) is 18.2 Å². The smallest absolute Gasteiger partial charge is 0.344 e. The molecule has 46 heavy (non-hydrogen) atoms. The molecule has 0 saturated carbocycles. The summed E-state index contributed by atoms with van der Waals surface area (Å²) >= 11 is 0. The van der Waals surface area contributed by atoms with Crippen molar-refractivity contribution in [2.24, 2.45) is 0 Å². The first kappa shape index (κ1) is 32.1. The highest BCUT2D eigenvalue weighted by Gasteiger charge is 2.50. The van der Waals surface area contributed by atoms with Crippen molar-refractivity contribution in [1.82, 2.24) is 0 Å². The standard InChI is InChI=1S/C32H34O14/c1-11-8-9-15(29(38)39)20-16-10-17(33)14-6-5-7-18(21(14)26(16)45-30(40)19(11)20)44-32-28(24(36)22(34)12(2)43-32)46-31-25(37)27(41-4)23(35)13(3)42-31/h5-10,12-13,22-25,27-28,31-37H,1-4H3,(H,38,39)/t12-,13+,22+,23-,24-,25-,27-,28+,31-,32+/m1/s1. The van der Waals surface area contributed by atoms with E-state index in [1.807, 2.05) is 0 Å². The van der Waals surface area contributed by atoms with Crippen LogP contribution in [0.4, 0.5) is 0 Å². The zero-order chi connectivity index (χ0) is 33.2. The third kappa shape index (κ3) is 5.16. The van der Waals surface area contributed by atoms with Crippen molar-refractivity contribution in [3.8, 4) is 11.5 Å². The molecule has 2 fully saturated rings. The number of aliphatic hydroxyl groups excluding tert-OH is 4. The Morgan fingerprint density at radius 2 is 1.52 bits per heavy atom. The minimum absolute atomic E-state index is 0.0107. The third-order valence-corrected chi connectivity index (χ3v) is 8.74. The molecule has 0 radical (unpaired) electrons. The third-order valence-electron chi connectivity index (χ3n) is 8.74. The van der Waals surface area contributed by atoms with Gasteiger partial charge in [-0.25, -0.2) is 9.59 Å². The Bertz CT molecular complexity index is 1870. The van der Waals surface area contributed by atoms with Crippen LogP contribution in [0.5, 0.6) is 11.5 Å². The number of aliphatic hydroxyl groups is 4. The van der Waals surface area contributed by atoms with E-state index in [4.69, 9.17) is 28.1 Å². The second-order valence-electron chi connectivity index (χ2n) is 11.6. The van der Waals surface area contributed by atoms with Gasteiger partial charge >= 0.3 is 11.6 Å². The number of fused-ring (bicyclic) bond motifs is 5. The minimum atomic E-state index is -1.62. The van der Waals surface area contributed by atoms with Crippen molar-refractivity contribution in [2.75, 3.05) is 7.11 Å². The molecule has 3 aromatic carbocycles. The van der Waals surface area contributed by atoms with E-state index in [1.165, 1.54) is 44.4 Å². The quantitative estimate of drug-likeness (QED) is 0.130. The van der Waals surface area contributed by atoms with Crippen LogP contribution in [0, 0.1) is 6.92 Å². The summed E-state index contributed by atoms with van der Waals surface area (Å²) < 4.78 is 34.8. The van der Waals surface area contributed by atoms with Gasteiger partial charge in [-0.3, -0.25) is 0 Å². The molecule has 0 aliphatic carbocycles. The normalized spacial score (nSPS) is 31.8. The predicted octanol–water partition coefficient (Wildman–Crippen LogP) is 1.52. The Morgan fingerprint density at radius 1 is 0.826 bits per heavy atom. The van der Waals surface area contributed by atoms with Gasteiger partial charge in [-0.15, -0.1) is 0 Å². The fraction of sp³-hybridized carbons (Fsp3) is 0.438. The Labute approximate surface area is 260 Å². The van der Waals surface area contributed by atoms with Gasteiger partial charge < -0.3 is 58.7 Å². The number of hydrogen-bond acceptors (Lipinski definition) is 13. The molecule has 14 nitrogen and oxygen atoms in total. The maximum absolute atomic E-state index is 13.3. The molecule has 0 spiro atoms. The van der Waals surface area contributed by atoms with E-state index in [2.05, 4.69) is 0 Å². The van der Waals surface area contributed by atoms with Crippen LogP contribution < -0.4 is 10.4 Å². The van der Waals surface area contributed by atoms with Gasteiger partial charge in [0.15, 0.2) is 18.0 Å². The largest absolute Gasteiger partial charge is 0.507 e. The van der Waals surface area contributed by atoms with Gasteiger partial charge in [-0.2, -0.15) is 0 Å². The summed E-state index contributed by atoms with van der Waals surface area (Å²) in [6.07, 6.45) is -13.0. The van der Waals surface area contributed by atoms with Crippen LogP contribution in [0.15, 0.2) is 45.6 Å². The van der Waals surface area contributed by atoms with E-state index >= 15 is 0 Å². The highest BCUT2D eigenvalue weighted by molar-refractivity contribution is 6.21. The number of carbonyl (C=O) groups is 1. The lowest BCUT2D eigenvalue weighted by Gasteiger charge is -2.46. The first-order chi connectivity index (χ1) is 21.8. The molecular formula is C32H34O14. The van der Waals surface area contributed by atoms with E-state index in [9.17, 15) is 40.2 Å². The molecule has 6 rings (SSSR count). The van der Waals surface area contributed by atoms with Crippen molar-refractivity contribution in [2.45, 2.75) is 82.2 Å². The van der Waals surface area contributed by atoms with E-state index in [0.29, 0.717) is 5.56 Å². The summed E-state index contributed by atoms with van der Waals surface area (Å²) in [4.78, 5) is 25.5. The van der Waals surface area contributed by atoms with Crippen LogP contribution in [-0.4, -0.2) is 105 Å². The number of methoxy groups -OCH3 is 1. The highest BCUT2D eigenvalue weighted by Crippen LogP contribution is 2.42. The van der Waals surface area contributed by atoms with Crippen LogP contribution in [0.3, 0.4) is 0 Å². The van der Waals surface area contributed by atoms with Gasteiger partial charge in [0, 0.05) is 23.3 Å². The lowest BCUT2D eigenvalue weighted by Crippen LogP contribution is -2.64. The highest BCUT2D eigenvalue weighted by atomic mass is 16.8. The molecule has 4 aromatic rings. The number of aromatic carboxylic acids is 1. The zero-order valence-corrected chi connectivity index (χ0v) is 25.2. The second kappa shape index (κ2) is 12.1. The maximum atomic E-state index is 13.3. The monoisotopic (exact) mass is 642 g/mol. The first-order valence-electron chi connectivity index (χ1n) is 14.6. The zero-order valence-electron chi connectivity index (χ0n) is 25.2. The first-order valence-corrected chi connectivity index (χ1v) is 14.6. The van der Waals surface area contributed by atoms with E-state index < -0.39 is 73.0 Å². The fourth-order valence-electron chi connectivity index (χ4n) is 6.26. The maximum Gasteiger partial charge on any atom is 0.344 e. The number of aryl methyl sites for hydroxylation is 1. The van der Waals surface area contributed by atoms with Crippen molar-refractivity contribution < 1.29 is 63.5 Å².